The summed E-state index contributed by atoms with van der Waals surface area (Å²) in [5.41, 5.74) is 0.402. The van der Waals surface area contributed by atoms with Crippen molar-refractivity contribution in [3.8, 4) is 11.6 Å². The van der Waals surface area contributed by atoms with Gasteiger partial charge in [0.2, 0.25) is 5.88 Å². The van der Waals surface area contributed by atoms with Gasteiger partial charge in [0.1, 0.15) is 23.5 Å². The van der Waals surface area contributed by atoms with Crippen LogP contribution in [0.2, 0.25) is 0 Å². The van der Waals surface area contributed by atoms with Crippen molar-refractivity contribution in [2.45, 2.75) is 0 Å². The maximum absolute atomic E-state index is 13.2. The number of nitrogens with zero attached hydrogens (tertiary/aromatic N) is 2. The number of fused-ring (bicyclic) bond motifs is 1. The Kier molecular flexibility index (Phi) is 3.19. The van der Waals surface area contributed by atoms with E-state index in [9.17, 15) is 9.18 Å². The van der Waals surface area contributed by atoms with Gasteiger partial charge in [0, 0.05) is 0 Å². The second-order valence-electron chi connectivity index (χ2n) is 4.24. The second kappa shape index (κ2) is 5.16. The number of aromatic carboxylic acids is 1. The van der Waals surface area contributed by atoms with E-state index in [-0.39, 0.29) is 17.2 Å². The molecule has 0 saturated heterocycles. The molecule has 5 nitrogen and oxygen atoms in total. The molecule has 0 saturated carbocycles. The van der Waals surface area contributed by atoms with Gasteiger partial charge in [0.15, 0.2) is 0 Å². The number of hydrogen-bond acceptors (Lipinski definition) is 4. The summed E-state index contributed by atoms with van der Waals surface area (Å²) in [4.78, 5) is 19.2. The van der Waals surface area contributed by atoms with Crippen LogP contribution in [0, 0.1) is 5.82 Å². The third-order valence-electron chi connectivity index (χ3n) is 2.88. The first-order valence-corrected chi connectivity index (χ1v) is 6.05. The number of carboxylic acid groups (broad SMARTS) is 1. The molecular formula is C15H9FN2O3. The lowest BCUT2D eigenvalue weighted by Crippen LogP contribution is -2.02. The zero-order valence-electron chi connectivity index (χ0n) is 10.7. The van der Waals surface area contributed by atoms with E-state index in [1.54, 1.807) is 18.2 Å². The highest BCUT2D eigenvalue weighted by molar-refractivity contribution is 5.91. The SMILES string of the molecule is O=C(O)c1cc(F)ccc1Oc1ncnc2ccccc12. The minimum atomic E-state index is -1.28. The van der Waals surface area contributed by atoms with Gasteiger partial charge in [-0.05, 0) is 30.3 Å². The zero-order chi connectivity index (χ0) is 14.8. The van der Waals surface area contributed by atoms with Crippen LogP contribution in [0.1, 0.15) is 10.4 Å². The number of carbonyl (C=O) groups is 1. The molecule has 1 aromatic heterocycles. The van der Waals surface area contributed by atoms with Crippen molar-refractivity contribution in [3.05, 3.63) is 60.2 Å². The fourth-order valence-electron chi connectivity index (χ4n) is 1.92. The minimum absolute atomic E-state index is 0.0211. The van der Waals surface area contributed by atoms with Crippen molar-refractivity contribution in [2.24, 2.45) is 0 Å². The Morgan fingerprint density at radius 1 is 1.14 bits per heavy atom. The van der Waals surface area contributed by atoms with Crippen molar-refractivity contribution in [2.75, 3.05) is 0 Å². The molecule has 0 radical (unpaired) electrons. The molecule has 0 bridgehead atoms. The van der Waals surface area contributed by atoms with Crippen LogP contribution in [0.25, 0.3) is 10.9 Å². The van der Waals surface area contributed by atoms with E-state index in [1.165, 1.54) is 12.4 Å². The molecule has 0 aliphatic rings. The lowest BCUT2D eigenvalue weighted by molar-refractivity contribution is 0.0693. The predicted molar refractivity (Wildman–Crippen MR) is 73.0 cm³/mol. The molecule has 0 spiro atoms. The van der Waals surface area contributed by atoms with Crippen LogP contribution < -0.4 is 4.74 Å². The van der Waals surface area contributed by atoms with Crippen LogP contribution >= 0.6 is 0 Å². The number of carboxylic acids is 1. The number of ether oxygens (including phenoxy) is 1. The number of aromatic nitrogens is 2. The van der Waals surface area contributed by atoms with Gasteiger partial charge < -0.3 is 9.84 Å². The highest BCUT2D eigenvalue weighted by atomic mass is 19.1. The Labute approximate surface area is 118 Å². The van der Waals surface area contributed by atoms with Crippen molar-refractivity contribution < 1.29 is 19.0 Å². The summed E-state index contributed by atoms with van der Waals surface area (Å²) in [7, 11) is 0. The van der Waals surface area contributed by atoms with Gasteiger partial charge in [0.05, 0.1) is 10.9 Å². The average Bonchev–Trinajstić information content (AvgIpc) is 2.49. The first-order valence-electron chi connectivity index (χ1n) is 6.05. The molecule has 2 aromatic carbocycles. The molecule has 1 N–H and O–H groups in total. The minimum Gasteiger partial charge on any atom is -0.478 e. The fourth-order valence-corrected chi connectivity index (χ4v) is 1.92. The van der Waals surface area contributed by atoms with Gasteiger partial charge in [0.25, 0.3) is 0 Å². The molecule has 3 aromatic rings. The number of hydrogen-bond donors (Lipinski definition) is 1. The molecule has 0 aliphatic carbocycles. The van der Waals surface area contributed by atoms with Crippen LogP contribution in [0.4, 0.5) is 4.39 Å². The summed E-state index contributed by atoms with van der Waals surface area (Å²) in [5.74, 6) is -1.68. The third-order valence-corrected chi connectivity index (χ3v) is 2.88. The Bertz CT molecular complexity index is 831. The fraction of sp³-hybridized carbons (Fsp3) is 0. The van der Waals surface area contributed by atoms with E-state index in [4.69, 9.17) is 9.84 Å². The van der Waals surface area contributed by atoms with Gasteiger partial charge >= 0.3 is 5.97 Å². The summed E-state index contributed by atoms with van der Waals surface area (Å²) in [6, 6.07) is 10.4. The topological polar surface area (TPSA) is 72.3 Å². The van der Waals surface area contributed by atoms with Gasteiger partial charge in [-0.1, -0.05) is 12.1 Å². The van der Waals surface area contributed by atoms with Crippen LogP contribution in [-0.2, 0) is 0 Å². The van der Waals surface area contributed by atoms with E-state index >= 15 is 0 Å². The number of para-hydroxylation sites is 1. The quantitative estimate of drug-likeness (QED) is 0.799. The molecule has 6 heteroatoms. The Hall–Kier alpha value is -3.02. The van der Waals surface area contributed by atoms with Gasteiger partial charge in [-0.15, -0.1) is 0 Å². The summed E-state index contributed by atoms with van der Waals surface area (Å²) >= 11 is 0. The second-order valence-corrected chi connectivity index (χ2v) is 4.24. The molecule has 0 unspecified atom stereocenters. The van der Waals surface area contributed by atoms with E-state index < -0.39 is 11.8 Å². The van der Waals surface area contributed by atoms with Gasteiger partial charge in [-0.2, -0.15) is 0 Å². The number of benzene rings is 2. The van der Waals surface area contributed by atoms with E-state index in [2.05, 4.69) is 9.97 Å². The van der Waals surface area contributed by atoms with Crippen molar-refractivity contribution in [1.82, 2.24) is 9.97 Å². The van der Waals surface area contributed by atoms with Crippen LogP contribution in [0.5, 0.6) is 11.6 Å². The van der Waals surface area contributed by atoms with Crippen molar-refractivity contribution in [3.63, 3.8) is 0 Å². The smallest absolute Gasteiger partial charge is 0.339 e. The first kappa shape index (κ1) is 13.0. The summed E-state index contributed by atoms with van der Waals surface area (Å²) in [6.45, 7) is 0. The maximum Gasteiger partial charge on any atom is 0.339 e. The van der Waals surface area contributed by atoms with Crippen LogP contribution in [0.15, 0.2) is 48.8 Å². The molecular weight excluding hydrogens is 275 g/mol. The maximum atomic E-state index is 13.2. The van der Waals surface area contributed by atoms with E-state index in [1.807, 2.05) is 6.07 Å². The van der Waals surface area contributed by atoms with Crippen LogP contribution in [0.3, 0.4) is 0 Å². The molecule has 104 valence electrons. The lowest BCUT2D eigenvalue weighted by atomic mass is 10.2. The third kappa shape index (κ3) is 2.51. The molecule has 21 heavy (non-hydrogen) atoms. The molecule has 0 atom stereocenters. The van der Waals surface area contributed by atoms with Gasteiger partial charge in [-0.3, -0.25) is 0 Å². The zero-order valence-corrected chi connectivity index (χ0v) is 10.7. The highest BCUT2D eigenvalue weighted by Gasteiger charge is 2.15. The summed E-state index contributed by atoms with van der Waals surface area (Å²) in [6.07, 6.45) is 1.32. The largest absolute Gasteiger partial charge is 0.478 e. The number of halogens is 1. The Morgan fingerprint density at radius 3 is 2.76 bits per heavy atom. The highest BCUT2D eigenvalue weighted by Crippen LogP contribution is 2.29. The van der Waals surface area contributed by atoms with Crippen molar-refractivity contribution >= 4 is 16.9 Å². The molecule has 0 aliphatic heterocycles. The predicted octanol–water partition coefficient (Wildman–Crippen LogP) is 3.26. The van der Waals surface area contributed by atoms with E-state index in [0.29, 0.717) is 10.9 Å². The molecule has 3 rings (SSSR count). The van der Waals surface area contributed by atoms with E-state index in [0.717, 1.165) is 12.1 Å². The Balaban J connectivity index is 2.09. The van der Waals surface area contributed by atoms with Crippen LogP contribution in [-0.4, -0.2) is 21.0 Å². The average molecular weight is 284 g/mol. The van der Waals surface area contributed by atoms with Crippen molar-refractivity contribution in [1.29, 1.82) is 0 Å². The normalized spacial score (nSPS) is 10.5. The standard InChI is InChI=1S/C15H9FN2O3/c16-9-5-6-13(11(7-9)15(19)20)21-14-10-3-1-2-4-12(10)17-8-18-14/h1-8H,(H,19,20). The Morgan fingerprint density at radius 2 is 1.95 bits per heavy atom. The lowest BCUT2D eigenvalue weighted by Gasteiger charge is -2.09. The summed E-state index contributed by atoms with van der Waals surface area (Å²) in [5, 5.41) is 9.74. The first-order chi connectivity index (χ1) is 10.1. The number of rotatable bonds is 3. The molecule has 1 heterocycles. The summed E-state index contributed by atoms with van der Waals surface area (Å²) < 4.78 is 18.7. The molecule has 0 amide bonds. The van der Waals surface area contributed by atoms with Gasteiger partial charge in [-0.25, -0.2) is 19.2 Å². The monoisotopic (exact) mass is 284 g/mol. The molecule has 0 fully saturated rings.